The summed E-state index contributed by atoms with van der Waals surface area (Å²) in [5.41, 5.74) is 3.72. The van der Waals surface area contributed by atoms with E-state index < -0.39 is 0 Å². The third kappa shape index (κ3) is 1.73. The third-order valence-corrected chi connectivity index (χ3v) is 4.23. The number of fused-ring (bicyclic) bond motifs is 4. The molecule has 0 saturated carbocycles. The van der Waals surface area contributed by atoms with Gasteiger partial charge in [-0.25, -0.2) is 0 Å². The molecule has 3 heteroatoms. The average Bonchev–Trinajstić information content (AvgIpc) is 2.52. The summed E-state index contributed by atoms with van der Waals surface area (Å²) in [6.45, 7) is 0. The average molecular weight is 267 g/mol. The summed E-state index contributed by atoms with van der Waals surface area (Å²) in [5, 5.41) is 3.61. The Kier molecular flexibility index (Phi) is 2.59. The van der Waals surface area contributed by atoms with Crippen LogP contribution in [0.25, 0.3) is 0 Å². The zero-order valence-corrected chi connectivity index (χ0v) is 11.4. The standard InChI is InChI=1S/C17H17NO2/c1-19-12-8-6-11-7-9-15-17(13(11)10-12)20-16-5-3-2-4-14(16)18-15/h2-6,8,10,15,17-18H,7,9H2,1H3. The fourth-order valence-corrected chi connectivity index (χ4v) is 3.19. The lowest BCUT2D eigenvalue weighted by atomic mass is 9.84. The molecule has 2 atom stereocenters. The quantitative estimate of drug-likeness (QED) is 0.857. The lowest BCUT2D eigenvalue weighted by Gasteiger charge is -2.39. The molecule has 1 N–H and O–H groups in total. The van der Waals surface area contributed by atoms with Crippen molar-refractivity contribution in [3.05, 3.63) is 53.6 Å². The van der Waals surface area contributed by atoms with E-state index >= 15 is 0 Å². The van der Waals surface area contributed by atoms with Crippen LogP contribution in [-0.2, 0) is 6.42 Å². The van der Waals surface area contributed by atoms with Crippen LogP contribution in [0.2, 0.25) is 0 Å². The lowest BCUT2D eigenvalue weighted by Crippen LogP contribution is -2.38. The van der Waals surface area contributed by atoms with Gasteiger partial charge >= 0.3 is 0 Å². The summed E-state index contributed by atoms with van der Waals surface area (Å²) in [7, 11) is 1.71. The molecule has 1 heterocycles. The zero-order valence-electron chi connectivity index (χ0n) is 11.4. The highest BCUT2D eigenvalue weighted by molar-refractivity contribution is 5.60. The molecule has 0 fully saturated rings. The summed E-state index contributed by atoms with van der Waals surface area (Å²) in [4.78, 5) is 0. The molecule has 0 amide bonds. The molecule has 0 saturated heterocycles. The SMILES string of the molecule is COc1ccc2c(c1)C1Oc3ccccc3NC1CC2. The second-order valence-electron chi connectivity index (χ2n) is 5.39. The van der Waals surface area contributed by atoms with Crippen molar-refractivity contribution in [2.75, 3.05) is 12.4 Å². The first kappa shape index (κ1) is 11.6. The van der Waals surface area contributed by atoms with Crippen LogP contribution in [0, 0.1) is 0 Å². The van der Waals surface area contributed by atoms with Crippen molar-refractivity contribution in [3.8, 4) is 11.5 Å². The molecule has 0 aromatic heterocycles. The van der Waals surface area contributed by atoms with E-state index in [2.05, 4.69) is 23.5 Å². The predicted molar refractivity (Wildman–Crippen MR) is 78.5 cm³/mol. The molecule has 0 bridgehead atoms. The van der Waals surface area contributed by atoms with Crippen LogP contribution in [0.5, 0.6) is 11.5 Å². The fraction of sp³-hybridized carbons (Fsp3) is 0.294. The first-order valence-electron chi connectivity index (χ1n) is 7.04. The highest BCUT2D eigenvalue weighted by Gasteiger charge is 2.35. The smallest absolute Gasteiger partial charge is 0.144 e. The van der Waals surface area contributed by atoms with Crippen molar-refractivity contribution in [1.29, 1.82) is 0 Å². The van der Waals surface area contributed by atoms with Gasteiger partial charge in [0.1, 0.15) is 17.6 Å². The van der Waals surface area contributed by atoms with Crippen LogP contribution in [0.4, 0.5) is 5.69 Å². The molecule has 2 aliphatic rings. The summed E-state index contributed by atoms with van der Waals surface area (Å²) in [6, 6.07) is 14.8. The number of nitrogens with one attached hydrogen (secondary N) is 1. The molecular formula is C17H17NO2. The minimum absolute atomic E-state index is 0.0729. The first-order valence-corrected chi connectivity index (χ1v) is 7.04. The van der Waals surface area contributed by atoms with E-state index in [0.29, 0.717) is 6.04 Å². The van der Waals surface area contributed by atoms with Crippen LogP contribution in [0.1, 0.15) is 23.7 Å². The summed E-state index contributed by atoms with van der Waals surface area (Å²) < 4.78 is 11.6. The van der Waals surface area contributed by atoms with Crippen molar-refractivity contribution in [2.45, 2.75) is 25.0 Å². The van der Waals surface area contributed by atoms with Crippen molar-refractivity contribution in [2.24, 2.45) is 0 Å². The summed E-state index contributed by atoms with van der Waals surface area (Å²) in [5.74, 6) is 1.83. The molecule has 2 aromatic carbocycles. The Morgan fingerprint density at radius 1 is 1.20 bits per heavy atom. The first-order chi connectivity index (χ1) is 9.85. The number of methoxy groups -OCH3 is 1. The third-order valence-electron chi connectivity index (χ3n) is 4.23. The lowest BCUT2D eigenvalue weighted by molar-refractivity contribution is 0.157. The van der Waals surface area contributed by atoms with Crippen LogP contribution < -0.4 is 14.8 Å². The van der Waals surface area contributed by atoms with E-state index in [0.717, 1.165) is 30.0 Å². The number of para-hydroxylation sites is 2. The second-order valence-corrected chi connectivity index (χ2v) is 5.39. The number of aryl methyl sites for hydroxylation is 1. The van der Waals surface area contributed by atoms with E-state index in [1.807, 2.05) is 24.3 Å². The normalized spacial score (nSPS) is 22.6. The van der Waals surface area contributed by atoms with E-state index in [-0.39, 0.29) is 6.10 Å². The van der Waals surface area contributed by atoms with Gasteiger partial charge in [-0.05, 0) is 42.7 Å². The van der Waals surface area contributed by atoms with Gasteiger partial charge in [-0.15, -0.1) is 0 Å². The summed E-state index contributed by atoms with van der Waals surface area (Å²) >= 11 is 0. The Morgan fingerprint density at radius 2 is 2.10 bits per heavy atom. The molecule has 102 valence electrons. The van der Waals surface area contributed by atoms with Crippen LogP contribution >= 0.6 is 0 Å². The Labute approximate surface area is 118 Å². The number of hydrogen-bond acceptors (Lipinski definition) is 3. The Balaban J connectivity index is 1.77. The molecule has 2 aromatic rings. The maximum absolute atomic E-state index is 6.24. The number of benzene rings is 2. The minimum Gasteiger partial charge on any atom is -0.497 e. The van der Waals surface area contributed by atoms with E-state index in [4.69, 9.17) is 9.47 Å². The van der Waals surface area contributed by atoms with E-state index in [1.54, 1.807) is 7.11 Å². The fourth-order valence-electron chi connectivity index (χ4n) is 3.19. The van der Waals surface area contributed by atoms with Crippen molar-refractivity contribution in [1.82, 2.24) is 0 Å². The number of ether oxygens (including phenoxy) is 2. The summed E-state index contributed by atoms with van der Waals surface area (Å²) in [6.07, 6.45) is 2.25. The largest absolute Gasteiger partial charge is 0.497 e. The molecule has 1 aliphatic heterocycles. The van der Waals surface area contributed by atoms with Gasteiger partial charge in [0.2, 0.25) is 0 Å². The van der Waals surface area contributed by atoms with Crippen LogP contribution in [0.15, 0.2) is 42.5 Å². The van der Waals surface area contributed by atoms with Gasteiger partial charge in [-0.1, -0.05) is 18.2 Å². The Bertz CT molecular complexity index is 653. The van der Waals surface area contributed by atoms with Gasteiger partial charge in [-0.2, -0.15) is 0 Å². The topological polar surface area (TPSA) is 30.5 Å². The maximum Gasteiger partial charge on any atom is 0.144 e. The Morgan fingerprint density at radius 3 is 3.00 bits per heavy atom. The predicted octanol–water partition coefficient (Wildman–Crippen LogP) is 3.56. The van der Waals surface area contributed by atoms with E-state index in [1.165, 1.54) is 11.1 Å². The number of rotatable bonds is 1. The van der Waals surface area contributed by atoms with Crippen molar-refractivity contribution < 1.29 is 9.47 Å². The number of hydrogen-bond donors (Lipinski definition) is 1. The second kappa shape index (κ2) is 4.44. The van der Waals surface area contributed by atoms with Gasteiger partial charge in [0.25, 0.3) is 0 Å². The Hall–Kier alpha value is -2.16. The minimum atomic E-state index is 0.0729. The van der Waals surface area contributed by atoms with Gasteiger partial charge in [0, 0.05) is 5.56 Å². The molecule has 0 radical (unpaired) electrons. The number of anilines is 1. The zero-order chi connectivity index (χ0) is 13.5. The molecular weight excluding hydrogens is 250 g/mol. The van der Waals surface area contributed by atoms with Gasteiger partial charge < -0.3 is 14.8 Å². The molecule has 3 nitrogen and oxygen atoms in total. The van der Waals surface area contributed by atoms with Crippen molar-refractivity contribution >= 4 is 5.69 Å². The van der Waals surface area contributed by atoms with E-state index in [9.17, 15) is 0 Å². The van der Waals surface area contributed by atoms with Crippen LogP contribution in [0.3, 0.4) is 0 Å². The maximum atomic E-state index is 6.24. The van der Waals surface area contributed by atoms with Crippen LogP contribution in [-0.4, -0.2) is 13.2 Å². The van der Waals surface area contributed by atoms with Gasteiger partial charge in [0.05, 0.1) is 18.8 Å². The monoisotopic (exact) mass is 267 g/mol. The van der Waals surface area contributed by atoms with Crippen molar-refractivity contribution in [3.63, 3.8) is 0 Å². The highest BCUT2D eigenvalue weighted by Crippen LogP contribution is 2.43. The van der Waals surface area contributed by atoms with Gasteiger partial charge in [-0.3, -0.25) is 0 Å². The van der Waals surface area contributed by atoms with Gasteiger partial charge in [0.15, 0.2) is 0 Å². The molecule has 4 rings (SSSR count). The highest BCUT2D eigenvalue weighted by atomic mass is 16.5. The molecule has 0 spiro atoms. The molecule has 2 unspecified atom stereocenters. The molecule has 20 heavy (non-hydrogen) atoms. The molecule has 1 aliphatic carbocycles.